The first kappa shape index (κ1) is 13.3. The summed E-state index contributed by atoms with van der Waals surface area (Å²) >= 11 is 2.14. The Bertz CT molecular complexity index is 321. The first-order valence-electron chi connectivity index (χ1n) is 7.78. The van der Waals surface area contributed by atoms with E-state index < -0.39 is 0 Å². The van der Waals surface area contributed by atoms with Gasteiger partial charge in [-0.3, -0.25) is 4.90 Å². The van der Waals surface area contributed by atoms with Gasteiger partial charge in [-0.2, -0.15) is 11.8 Å². The summed E-state index contributed by atoms with van der Waals surface area (Å²) in [5, 5.41) is 0. The number of thioether (sulfide) groups is 1. The summed E-state index contributed by atoms with van der Waals surface area (Å²) in [6, 6.07) is 0.843. The van der Waals surface area contributed by atoms with Crippen molar-refractivity contribution in [3.8, 4) is 0 Å². The van der Waals surface area contributed by atoms with Crippen molar-refractivity contribution in [2.75, 3.05) is 19.3 Å². The molecule has 1 nitrogen and oxygen atoms in total. The van der Waals surface area contributed by atoms with Crippen molar-refractivity contribution in [1.82, 2.24) is 4.90 Å². The van der Waals surface area contributed by atoms with Crippen LogP contribution in [0, 0.1) is 17.3 Å². The van der Waals surface area contributed by atoms with Gasteiger partial charge in [0, 0.05) is 10.8 Å². The normalized spacial score (nSPS) is 47.7. The highest BCUT2D eigenvalue weighted by molar-refractivity contribution is 8.00. The molecule has 1 heterocycles. The Balaban J connectivity index is 1.78. The van der Waals surface area contributed by atoms with E-state index in [9.17, 15) is 0 Å². The van der Waals surface area contributed by atoms with E-state index in [1.54, 1.807) is 0 Å². The Morgan fingerprint density at radius 3 is 2.28 bits per heavy atom. The Morgan fingerprint density at radius 2 is 1.67 bits per heavy atom. The molecule has 0 bridgehead atoms. The van der Waals surface area contributed by atoms with Crippen LogP contribution in [0.25, 0.3) is 0 Å². The molecule has 104 valence electrons. The van der Waals surface area contributed by atoms with E-state index in [1.165, 1.54) is 45.2 Å². The third kappa shape index (κ3) is 1.95. The molecule has 2 heteroatoms. The average molecular weight is 267 g/mol. The molecule has 3 rings (SSSR count). The molecule has 0 unspecified atom stereocenters. The van der Waals surface area contributed by atoms with Crippen LogP contribution in [0.15, 0.2) is 0 Å². The van der Waals surface area contributed by atoms with E-state index in [0.717, 1.165) is 17.9 Å². The van der Waals surface area contributed by atoms with Crippen LogP contribution in [-0.4, -0.2) is 35.0 Å². The van der Waals surface area contributed by atoms with E-state index in [1.807, 2.05) is 0 Å². The largest absolute Gasteiger partial charge is 0.299 e. The molecule has 18 heavy (non-hydrogen) atoms. The van der Waals surface area contributed by atoms with Crippen molar-refractivity contribution in [2.45, 2.75) is 63.7 Å². The molecule has 1 aliphatic heterocycles. The molecule has 0 N–H and O–H groups in total. The molecule has 3 aliphatic rings. The fourth-order valence-electron chi connectivity index (χ4n) is 4.78. The predicted molar refractivity (Wildman–Crippen MR) is 81.1 cm³/mol. The Morgan fingerprint density at radius 1 is 1.00 bits per heavy atom. The zero-order chi connectivity index (χ0) is 13.0. The van der Waals surface area contributed by atoms with Crippen molar-refractivity contribution in [2.24, 2.45) is 17.3 Å². The van der Waals surface area contributed by atoms with Gasteiger partial charge in [0.25, 0.3) is 0 Å². The molecule has 3 fully saturated rings. The van der Waals surface area contributed by atoms with Crippen molar-refractivity contribution in [1.29, 1.82) is 0 Å². The second-order valence-electron chi connectivity index (χ2n) is 7.60. The van der Waals surface area contributed by atoms with Crippen LogP contribution in [0.1, 0.15) is 52.9 Å². The van der Waals surface area contributed by atoms with Crippen molar-refractivity contribution >= 4 is 11.8 Å². The molecular weight excluding hydrogens is 238 g/mol. The number of likely N-dealkylation sites (tertiary alicyclic amines) is 1. The van der Waals surface area contributed by atoms with Gasteiger partial charge in [-0.1, -0.05) is 20.3 Å². The smallest absolute Gasteiger partial charge is 0.0287 e. The van der Waals surface area contributed by atoms with Gasteiger partial charge in [-0.15, -0.1) is 0 Å². The highest BCUT2D eigenvalue weighted by Gasteiger charge is 2.64. The van der Waals surface area contributed by atoms with Crippen molar-refractivity contribution in [3.05, 3.63) is 0 Å². The molecule has 2 saturated carbocycles. The monoisotopic (exact) mass is 267 g/mol. The standard InChI is InChI=1S/C16H29NS/c1-15(2)12-10-14(17-8-6-5-7-9-17)16(3,18-4)11-13(12)15/h12-14H,5-11H2,1-4H3/t12-,13+,14-,16-/m1/s1. The lowest BCUT2D eigenvalue weighted by Gasteiger charge is -2.47. The minimum absolute atomic E-state index is 0.506. The van der Waals surface area contributed by atoms with Gasteiger partial charge in [-0.25, -0.2) is 0 Å². The van der Waals surface area contributed by atoms with Crippen LogP contribution in [0.5, 0.6) is 0 Å². The van der Waals surface area contributed by atoms with Gasteiger partial charge >= 0.3 is 0 Å². The molecule has 0 aromatic heterocycles. The molecule has 0 spiro atoms. The molecule has 1 saturated heterocycles. The van der Waals surface area contributed by atoms with E-state index in [2.05, 4.69) is 43.7 Å². The van der Waals surface area contributed by atoms with Crippen molar-refractivity contribution < 1.29 is 0 Å². The van der Waals surface area contributed by atoms with Crippen LogP contribution in [-0.2, 0) is 0 Å². The Kier molecular flexibility index (Phi) is 3.26. The lowest BCUT2D eigenvalue weighted by Crippen LogP contribution is -2.53. The molecule has 0 aromatic rings. The summed E-state index contributed by atoms with van der Waals surface area (Å²) in [5.74, 6) is 2.03. The molecular formula is C16H29NS. The van der Waals surface area contributed by atoms with Crippen LogP contribution >= 0.6 is 11.8 Å². The lowest BCUT2D eigenvalue weighted by molar-refractivity contribution is 0.103. The predicted octanol–water partition coefficient (Wildman–Crippen LogP) is 4.03. The SMILES string of the molecule is CS[C@]1(C)C[C@H]2[C@@H](C[C@H]1N1CCCCC1)C2(C)C. The number of piperidine rings is 1. The maximum absolute atomic E-state index is 2.84. The van der Waals surface area contributed by atoms with Crippen LogP contribution in [0.2, 0.25) is 0 Å². The van der Waals surface area contributed by atoms with E-state index in [4.69, 9.17) is 0 Å². The zero-order valence-corrected chi connectivity index (χ0v) is 13.4. The number of hydrogen-bond donors (Lipinski definition) is 0. The van der Waals surface area contributed by atoms with Crippen LogP contribution < -0.4 is 0 Å². The molecule has 0 amide bonds. The fraction of sp³-hybridized carbons (Fsp3) is 1.00. The maximum atomic E-state index is 2.84. The summed E-state index contributed by atoms with van der Waals surface area (Å²) in [6.45, 7) is 10.3. The average Bonchev–Trinajstić information content (AvgIpc) is 2.90. The van der Waals surface area contributed by atoms with Gasteiger partial charge < -0.3 is 0 Å². The van der Waals surface area contributed by atoms with E-state index >= 15 is 0 Å². The third-order valence-electron chi connectivity index (χ3n) is 6.39. The van der Waals surface area contributed by atoms with Gasteiger partial charge in [0.15, 0.2) is 0 Å². The number of rotatable bonds is 2. The lowest BCUT2D eigenvalue weighted by atomic mass is 9.83. The second kappa shape index (κ2) is 4.41. The summed E-state index contributed by atoms with van der Waals surface area (Å²) < 4.78 is 0.506. The van der Waals surface area contributed by atoms with Crippen LogP contribution in [0.3, 0.4) is 0 Å². The quantitative estimate of drug-likeness (QED) is 0.743. The summed E-state index contributed by atoms with van der Waals surface area (Å²) in [4.78, 5) is 2.84. The zero-order valence-electron chi connectivity index (χ0n) is 12.5. The topological polar surface area (TPSA) is 3.24 Å². The van der Waals surface area contributed by atoms with Gasteiger partial charge in [0.05, 0.1) is 0 Å². The fourth-order valence-corrected chi connectivity index (χ4v) is 5.64. The minimum Gasteiger partial charge on any atom is -0.299 e. The molecule has 4 atom stereocenters. The van der Waals surface area contributed by atoms with Crippen LogP contribution in [0.4, 0.5) is 0 Å². The van der Waals surface area contributed by atoms with E-state index in [-0.39, 0.29) is 0 Å². The number of nitrogens with zero attached hydrogens (tertiary/aromatic N) is 1. The van der Waals surface area contributed by atoms with Gasteiger partial charge in [0.2, 0.25) is 0 Å². The Labute approximate surface area is 117 Å². The van der Waals surface area contributed by atoms with E-state index in [0.29, 0.717) is 10.2 Å². The number of hydrogen-bond acceptors (Lipinski definition) is 2. The second-order valence-corrected chi connectivity index (χ2v) is 8.94. The summed E-state index contributed by atoms with van der Waals surface area (Å²) in [6.07, 6.45) is 9.57. The maximum Gasteiger partial charge on any atom is 0.0287 e. The third-order valence-corrected chi connectivity index (χ3v) is 7.76. The first-order valence-corrected chi connectivity index (χ1v) is 9.01. The summed E-state index contributed by atoms with van der Waals surface area (Å²) in [7, 11) is 0. The number of fused-ring (bicyclic) bond motifs is 1. The molecule has 0 radical (unpaired) electrons. The van der Waals surface area contributed by atoms with Gasteiger partial charge in [0.1, 0.15) is 0 Å². The summed E-state index contributed by atoms with van der Waals surface area (Å²) in [5.41, 5.74) is 0.640. The minimum atomic E-state index is 0.506. The molecule has 0 aromatic carbocycles. The van der Waals surface area contributed by atoms with Gasteiger partial charge in [-0.05, 0) is 69.2 Å². The molecule has 2 aliphatic carbocycles. The first-order chi connectivity index (χ1) is 8.49. The van der Waals surface area contributed by atoms with Crippen molar-refractivity contribution in [3.63, 3.8) is 0 Å². The Hall–Kier alpha value is 0.310. The highest BCUT2D eigenvalue weighted by atomic mass is 32.2. The highest BCUT2D eigenvalue weighted by Crippen LogP contribution is 2.68.